The molecule has 0 fully saturated rings. The molecule has 0 saturated heterocycles. The third-order valence-electron chi connectivity index (χ3n) is 3.92. The van der Waals surface area contributed by atoms with E-state index in [-0.39, 0.29) is 27.8 Å². The molecule has 4 nitrogen and oxygen atoms in total. The standard InChI is InChI=1S/C18H8Cl2F6O4/c19-11-5-8(1-2-10(11)17(21,22)23)29-14-6-13-7(4-12(14)20)3-9(16(27)28)15(30-13)18(24,25)26/h1-6,15H,(H,27,28). The van der Waals surface area contributed by atoms with E-state index < -0.39 is 40.6 Å². The summed E-state index contributed by atoms with van der Waals surface area (Å²) in [5, 5.41) is 8.21. The van der Waals surface area contributed by atoms with E-state index in [0.717, 1.165) is 30.3 Å². The van der Waals surface area contributed by atoms with Gasteiger partial charge < -0.3 is 14.6 Å². The SMILES string of the molecule is O=C(O)C1=Cc2cc(Cl)c(Oc3ccc(C(F)(F)F)c(Cl)c3)cc2OC1C(F)(F)F. The first kappa shape index (κ1) is 22.1. The van der Waals surface area contributed by atoms with Gasteiger partial charge in [0.2, 0.25) is 6.10 Å². The second-order valence-electron chi connectivity index (χ2n) is 6.01. The molecule has 30 heavy (non-hydrogen) atoms. The molecule has 1 aliphatic rings. The van der Waals surface area contributed by atoms with E-state index in [1.807, 2.05) is 0 Å². The number of fused-ring (bicyclic) bond motifs is 1. The number of benzene rings is 2. The Morgan fingerprint density at radius 3 is 2.23 bits per heavy atom. The predicted molar refractivity (Wildman–Crippen MR) is 94.1 cm³/mol. The average Bonchev–Trinajstić information content (AvgIpc) is 2.59. The van der Waals surface area contributed by atoms with E-state index in [2.05, 4.69) is 0 Å². The van der Waals surface area contributed by atoms with Crippen molar-refractivity contribution < 1.29 is 45.7 Å². The summed E-state index contributed by atoms with van der Waals surface area (Å²) >= 11 is 11.6. The number of ether oxygens (including phenoxy) is 2. The zero-order valence-corrected chi connectivity index (χ0v) is 15.7. The summed E-state index contributed by atoms with van der Waals surface area (Å²) in [6, 6.07) is 4.56. The minimum absolute atomic E-state index is 0.0456. The summed E-state index contributed by atoms with van der Waals surface area (Å²) in [4.78, 5) is 11.1. The van der Waals surface area contributed by atoms with Crippen molar-refractivity contribution in [2.75, 3.05) is 0 Å². The van der Waals surface area contributed by atoms with Gasteiger partial charge >= 0.3 is 18.3 Å². The second-order valence-corrected chi connectivity index (χ2v) is 6.82. The van der Waals surface area contributed by atoms with Crippen LogP contribution in [0.5, 0.6) is 17.2 Å². The van der Waals surface area contributed by atoms with Gasteiger partial charge in [0, 0.05) is 17.7 Å². The molecule has 0 radical (unpaired) electrons. The molecule has 2 aromatic carbocycles. The van der Waals surface area contributed by atoms with Crippen molar-refractivity contribution in [2.24, 2.45) is 0 Å². The molecule has 160 valence electrons. The monoisotopic (exact) mass is 472 g/mol. The van der Waals surface area contributed by atoms with Gasteiger partial charge in [-0.25, -0.2) is 4.79 Å². The predicted octanol–water partition coefficient (Wildman–Crippen LogP) is 6.60. The van der Waals surface area contributed by atoms with Crippen LogP contribution >= 0.6 is 23.2 Å². The first-order chi connectivity index (χ1) is 13.8. The Labute approximate surface area is 174 Å². The van der Waals surface area contributed by atoms with Gasteiger partial charge in [-0.3, -0.25) is 0 Å². The molecule has 0 saturated carbocycles. The summed E-state index contributed by atoms with van der Waals surface area (Å²) in [6.45, 7) is 0. The number of carboxylic acids is 1. The van der Waals surface area contributed by atoms with Crippen molar-refractivity contribution in [1.82, 2.24) is 0 Å². The highest BCUT2D eigenvalue weighted by atomic mass is 35.5. The smallest absolute Gasteiger partial charge is 0.430 e. The van der Waals surface area contributed by atoms with Crippen molar-refractivity contribution in [3.05, 3.63) is 57.1 Å². The maximum Gasteiger partial charge on any atom is 0.430 e. The lowest BCUT2D eigenvalue weighted by atomic mass is 10.0. The van der Waals surface area contributed by atoms with E-state index >= 15 is 0 Å². The van der Waals surface area contributed by atoms with Crippen LogP contribution in [0, 0.1) is 0 Å². The Bertz CT molecular complexity index is 1050. The average molecular weight is 473 g/mol. The maximum atomic E-state index is 13.2. The molecule has 12 heteroatoms. The van der Waals surface area contributed by atoms with Gasteiger partial charge in [-0.2, -0.15) is 26.3 Å². The zero-order valence-electron chi connectivity index (χ0n) is 14.2. The summed E-state index contributed by atoms with van der Waals surface area (Å²) in [5.74, 6) is -2.60. The van der Waals surface area contributed by atoms with Gasteiger partial charge in [-0.05, 0) is 24.3 Å². The van der Waals surface area contributed by atoms with E-state index in [9.17, 15) is 31.1 Å². The lowest BCUT2D eigenvalue weighted by Crippen LogP contribution is -2.40. The van der Waals surface area contributed by atoms with Crippen LogP contribution in [-0.2, 0) is 11.0 Å². The Kier molecular flexibility index (Phi) is 5.59. The fraction of sp³-hybridized carbons (Fsp3) is 0.167. The fourth-order valence-corrected chi connectivity index (χ4v) is 3.10. The Balaban J connectivity index is 1.97. The Hall–Kier alpha value is -2.59. The van der Waals surface area contributed by atoms with E-state index in [4.69, 9.17) is 37.8 Å². The molecule has 0 spiro atoms. The number of rotatable bonds is 3. The summed E-state index contributed by atoms with van der Waals surface area (Å²) in [6.07, 6.45) is -11.7. The number of hydrogen-bond acceptors (Lipinski definition) is 3. The number of carboxylic acid groups (broad SMARTS) is 1. The molecule has 2 aromatic rings. The molecular weight excluding hydrogens is 465 g/mol. The topological polar surface area (TPSA) is 55.8 Å². The van der Waals surface area contributed by atoms with E-state index in [0.29, 0.717) is 6.07 Å². The van der Waals surface area contributed by atoms with Crippen molar-refractivity contribution in [1.29, 1.82) is 0 Å². The molecule has 1 atom stereocenters. The van der Waals surface area contributed by atoms with Crippen molar-refractivity contribution in [3.8, 4) is 17.2 Å². The lowest BCUT2D eigenvalue weighted by molar-refractivity contribution is -0.187. The van der Waals surface area contributed by atoms with Crippen molar-refractivity contribution >= 4 is 35.2 Å². The molecule has 0 aliphatic carbocycles. The minimum atomic E-state index is -5.01. The number of halogens is 8. The first-order valence-corrected chi connectivity index (χ1v) is 8.59. The zero-order chi connectivity index (χ0) is 22.4. The molecule has 1 aliphatic heterocycles. The second kappa shape index (κ2) is 7.59. The van der Waals surface area contributed by atoms with Crippen LogP contribution in [-0.4, -0.2) is 23.4 Å². The summed E-state index contributed by atoms with van der Waals surface area (Å²) in [7, 11) is 0. The first-order valence-electron chi connectivity index (χ1n) is 7.84. The molecule has 1 unspecified atom stereocenters. The third kappa shape index (κ3) is 4.44. The van der Waals surface area contributed by atoms with Crippen LogP contribution in [0.4, 0.5) is 26.3 Å². The molecule has 3 rings (SSSR count). The normalized spacial score (nSPS) is 16.4. The number of aliphatic carboxylic acids is 1. The van der Waals surface area contributed by atoms with Crippen LogP contribution in [0.3, 0.4) is 0 Å². The third-order valence-corrected chi connectivity index (χ3v) is 4.53. The van der Waals surface area contributed by atoms with Gasteiger partial charge in [0.25, 0.3) is 0 Å². The van der Waals surface area contributed by atoms with Gasteiger partial charge in [0.05, 0.1) is 21.2 Å². The summed E-state index contributed by atoms with van der Waals surface area (Å²) in [5.41, 5.74) is -2.18. The van der Waals surface area contributed by atoms with E-state index in [1.165, 1.54) is 0 Å². The van der Waals surface area contributed by atoms with Crippen molar-refractivity contribution in [2.45, 2.75) is 18.5 Å². The number of carbonyl (C=O) groups is 1. The molecule has 1 heterocycles. The number of alkyl halides is 6. The van der Waals surface area contributed by atoms with Crippen LogP contribution in [0.15, 0.2) is 35.9 Å². The van der Waals surface area contributed by atoms with Crippen LogP contribution in [0.25, 0.3) is 6.08 Å². The molecule has 1 N–H and O–H groups in total. The highest BCUT2D eigenvalue weighted by molar-refractivity contribution is 6.32. The Morgan fingerprint density at radius 2 is 1.70 bits per heavy atom. The Morgan fingerprint density at radius 1 is 1.03 bits per heavy atom. The maximum absolute atomic E-state index is 13.2. The molecule has 0 bridgehead atoms. The van der Waals surface area contributed by atoms with Gasteiger partial charge in [-0.1, -0.05) is 23.2 Å². The number of hydrogen-bond donors (Lipinski definition) is 1. The van der Waals surface area contributed by atoms with Crippen molar-refractivity contribution in [3.63, 3.8) is 0 Å². The van der Waals surface area contributed by atoms with Crippen LogP contribution in [0.1, 0.15) is 11.1 Å². The van der Waals surface area contributed by atoms with Gasteiger partial charge in [-0.15, -0.1) is 0 Å². The van der Waals surface area contributed by atoms with Gasteiger partial charge in [0.15, 0.2) is 0 Å². The highest BCUT2D eigenvalue weighted by Crippen LogP contribution is 2.43. The highest BCUT2D eigenvalue weighted by Gasteiger charge is 2.48. The molecule has 0 aromatic heterocycles. The largest absolute Gasteiger partial charge is 0.478 e. The van der Waals surface area contributed by atoms with Gasteiger partial charge in [0.1, 0.15) is 17.2 Å². The van der Waals surface area contributed by atoms with Crippen LogP contribution < -0.4 is 9.47 Å². The quantitative estimate of drug-likeness (QED) is 0.511. The fourth-order valence-electron chi connectivity index (χ4n) is 2.61. The minimum Gasteiger partial charge on any atom is -0.478 e. The lowest BCUT2D eigenvalue weighted by Gasteiger charge is -2.27. The van der Waals surface area contributed by atoms with Crippen LogP contribution in [0.2, 0.25) is 10.0 Å². The summed E-state index contributed by atoms with van der Waals surface area (Å²) < 4.78 is 88.0. The molecular formula is C18H8Cl2F6O4. The molecule has 0 amide bonds. The van der Waals surface area contributed by atoms with E-state index in [1.54, 1.807) is 0 Å².